The third-order valence-electron chi connectivity index (χ3n) is 4.72. The molecular formula is C21H20F2N4O2. The van der Waals surface area contributed by atoms with Gasteiger partial charge in [-0.1, -0.05) is 25.1 Å². The molecule has 4 aromatic rings. The van der Waals surface area contributed by atoms with Crippen molar-refractivity contribution in [3.63, 3.8) is 0 Å². The number of nitrogens with one attached hydrogen (secondary N) is 3. The van der Waals surface area contributed by atoms with Gasteiger partial charge in [-0.3, -0.25) is 9.89 Å². The van der Waals surface area contributed by atoms with Crippen molar-refractivity contribution < 1.29 is 18.3 Å². The van der Waals surface area contributed by atoms with Gasteiger partial charge < -0.3 is 15.0 Å². The van der Waals surface area contributed by atoms with Crippen molar-refractivity contribution in [1.82, 2.24) is 20.5 Å². The first-order valence-electron chi connectivity index (χ1n) is 9.34. The van der Waals surface area contributed by atoms with Gasteiger partial charge in [0, 0.05) is 28.3 Å². The van der Waals surface area contributed by atoms with Crippen LogP contribution in [0.5, 0.6) is 5.75 Å². The lowest BCUT2D eigenvalue weighted by Gasteiger charge is -2.08. The van der Waals surface area contributed by atoms with E-state index in [1.54, 1.807) is 13.0 Å². The van der Waals surface area contributed by atoms with Gasteiger partial charge in [0.25, 0.3) is 6.43 Å². The van der Waals surface area contributed by atoms with Crippen LogP contribution in [0.25, 0.3) is 33.2 Å². The summed E-state index contributed by atoms with van der Waals surface area (Å²) in [7, 11) is 0. The van der Waals surface area contributed by atoms with Crippen molar-refractivity contribution >= 4 is 27.7 Å². The highest BCUT2D eigenvalue weighted by Gasteiger charge is 2.15. The summed E-state index contributed by atoms with van der Waals surface area (Å²) in [6, 6.07) is 12.1. The zero-order chi connectivity index (χ0) is 20.4. The summed E-state index contributed by atoms with van der Waals surface area (Å²) in [4.78, 5) is 14.6. The average Bonchev–Trinajstić information content (AvgIpc) is 3.34. The van der Waals surface area contributed by atoms with Crippen LogP contribution < -0.4 is 10.1 Å². The van der Waals surface area contributed by atoms with E-state index in [1.165, 1.54) is 12.1 Å². The number of rotatable bonds is 7. The third kappa shape index (κ3) is 3.78. The van der Waals surface area contributed by atoms with Crippen molar-refractivity contribution in [3.05, 3.63) is 48.0 Å². The molecule has 0 aliphatic rings. The maximum Gasteiger partial charge on any atom is 0.263 e. The number of alkyl halides is 2. The van der Waals surface area contributed by atoms with E-state index >= 15 is 0 Å². The molecule has 3 N–H and O–H groups in total. The van der Waals surface area contributed by atoms with Gasteiger partial charge in [0.05, 0.1) is 17.8 Å². The Kier molecular flexibility index (Phi) is 5.16. The number of carbonyl (C=O) groups excluding carboxylic acids is 1. The molecule has 0 aliphatic carbocycles. The molecule has 1 amide bonds. The number of hydrogen-bond donors (Lipinski definition) is 3. The molecular weight excluding hydrogens is 378 g/mol. The van der Waals surface area contributed by atoms with E-state index < -0.39 is 6.43 Å². The third-order valence-corrected chi connectivity index (χ3v) is 4.72. The SMILES string of the molecule is CCC(=O)NCCOc1cccc2[nH]c(-c3n[nH]c4cc(C(F)F)ccc34)cc12. The van der Waals surface area contributed by atoms with E-state index in [1.807, 2.05) is 24.3 Å². The summed E-state index contributed by atoms with van der Waals surface area (Å²) >= 11 is 0. The molecule has 0 aliphatic heterocycles. The van der Waals surface area contributed by atoms with Crippen LogP contribution in [0, 0.1) is 0 Å². The Balaban J connectivity index is 1.61. The first-order chi connectivity index (χ1) is 14.1. The van der Waals surface area contributed by atoms with Crippen LogP contribution in [0.15, 0.2) is 42.5 Å². The second kappa shape index (κ2) is 7.90. The fourth-order valence-corrected chi connectivity index (χ4v) is 3.24. The molecule has 0 saturated carbocycles. The molecule has 0 spiro atoms. The second-order valence-corrected chi connectivity index (χ2v) is 6.63. The molecule has 2 aromatic carbocycles. The summed E-state index contributed by atoms with van der Waals surface area (Å²) < 4.78 is 31.7. The Labute approximate surface area is 165 Å². The number of carbonyl (C=O) groups is 1. The monoisotopic (exact) mass is 398 g/mol. The zero-order valence-electron chi connectivity index (χ0n) is 15.8. The van der Waals surface area contributed by atoms with E-state index in [0.29, 0.717) is 36.5 Å². The van der Waals surface area contributed by atoms with Crippen molar-refractivity contribution in [2.75, 3.05) is 13.2 Å². The Morgan fingerprint density at radius 2 is 2.03 bits per heavy atom. The topological polar surface area (TPSA) is 82.8 Å². The standard InChI is InChI=1S/C21H20F2N4O2/c1-2-19(28)24-8-9-29-18-5-3-4-15-14(18)11-17(25-15)20-13-7-6-12(21(22)23)10-16(13)26-27-20/h3-7,10-11,21,25H,2,8-9H2,1H3,(H,24,28)(H,26,27). The fraction of sp³-hybridized carbons (Fsp3) is 0.238. The minimum atomic E-state index is -2.53. The van der Waals surface area contributed by atoms with Crippen LogP contribution in [0.2, 0.25) is 0 Å². The van der Waals surface area contributed by atoms with Gasteiger partial charge in [-0.2, -0.15) is 5.10 Å². The van der Waals surface area contributed by atoms with E-state index in [4.69, 9.17) is 4.74 Å². The molecule has 2 heterocycles. The van der Waals surface area contributed by atoms with Crippen molar-refractivity contribution in [1.29, 1.82) is 0 Å². The molecule has 4 rings (SSSR count). The molecule has 0 radical (unpaired) electrons. The molecule has 0 saturated heterocycles. The Morgan fingerprint density at radius 1 is 1.17 bits per heavy atom. The van der Waals surface area contributed by atoms with Crippen LogP contribution in [0.4, 0.5) is 8.78 Å². The van der Waals surface area contributed by atoms with Gasteiger partial charge in [0.1, 0.15) is 18.1 Å². The summed E-state index contributed by atoms with van der Waals surface area (Å²) in [6.07, 6.45) is -2.09. The second-order valence-electron chi connectivity index (χ2n) is 6.63. The molecule has 0 bridgehead atoms. The number of nitrogens with zero attached hydrogens (tertiary/aromatic N) is 1. The lowest BCUT2D eigenvalue weighted by molar-refractivity contribution is -0.120. The fourth-order valence-electron chi connectivity index (χ4n) is 3.24. The molecule has 29 heavy (non-hydrogen) atoms. The first kappa shape index (κ1) is 18.9. The number of hydrogen-bond acceptors (Lipinski definition) is 3. The average molecular weight is 398 g/mol. The molecule has 6 nitrogen and oxygen atoms in total. The minimum Gasteiger partial charge on any atom is -0.491 e. The van der Waals surface area contributed by atoms with Crippen LogP contribution in [0.3, 0.4) is 0 Å². The molecule has 0 atom stereocenters. The predicted molar refractivity (Wildman–Crippen MR) is 107 cm³/mol. The lowest BCUT2D eigenvalue weighted by Crippen LogP contribution is -2.27. The summed E-state index contributed by atoms with van der Waals surface area (Å²) in [5, 5.41) is 11.5. The van der Waals surface area contributed by atoms with E-state index in [2.05, 4.69) is 20.5 Å². The number of amides is 1. The molecule has 8 heteroatoms. The summed E-state index contributed by atoms with van der Waals surface area (Å²) in [5.41, 5.74) is 2.79. The minimum absolute atomic E-state index is 0.0175. The number of aromatic nitrogens is 3. The van der Waals surface area contributed by atoms with Gasteiger partial charge in [0.2, 0.25) is 5.91 Å². The maximum atomic E-state index is 12.9. The van der Waals surface area contributed by atoms with Crippen molar-refractivity contribution in [3.8, 4) is 17.1 Å². The number of fused-ring (bicyclic) bond motifs is 2. The molecule has 2 aromatic heterocycles. The van der Waals surface area contributed by atoms with Crippen molar-refractivity contribution in [2.45, 2.75) is 19.8 Å². The number of H-pyrrole nitrogens is 2. The molecule has 0 unspecified atom stereocenters. The van der Waals surface area contributed by atoms with Crippen LogP contribution >= 0.6 is 0 Å². The zero-order valence-corrected chi connectivity index (χ0v) is 15.8. The Bertz CT molecular complexity index is 1170. The van der Waals surface area contributed by atoms with E-state index in [9.17, 15) is 13.6 Å². The highest BCUT2D eigenvalue weighted by atomic mass is 19.3. The van der Waals surface area contributed by atoms with E-state index in [-0.39, 0.29) is 11.5 Å². The maximum absolute atomic E-state index is 12.9. The van der Waals surface area contributed by atoms with Crippen molar-refractivity contribution in [2.24, 2.45) is 0 Å². The number of benzene rings is 2. The molecule has 150 valence electrons. The van der Waals surface area contributed by atoms with E-state index in [0.717, 1.165) is 22.0 Å². The smallest absolute Gasteiger partial charge is 0.263 e. The number of ether oxygens (including phenoxy) is 1. The van der Waals surface area contributed by atoms with Gasteiger partial charge >= 0.3 is 0 Å². The van der Waals surface area contributed by atoms with Gasteiger partial charge in [0.15, 0.2) is 0 Å². The highest BCUT2D eigenvalue weighted by molar-refractivity contribution is 5.97. The lowest BCUT2D eigenvalue weighted by atomic mass is 10.1. The quantitative estimate of drug-likeness (QED) is 0.399. The normalized spacial score (nSPS) is 11.4. The number of aromatic amines is 2. The van der Waals surface area contributed by atoms with Gasteiger partial charge in [-0.15, -0.1) is 0 Å². The van der Waals surface area contributed by atoms with Crippen LogP contribution in [-0.4, -0.2) is 34.2 Å². The first-order valence-corrected chi connectivity index (χ1v) is 9.34. The largest absolute Gasteiger partial charge is 0.491 e. The summed E-state index contributed by atoms with van der Waals surface area (Å²) in [6.45, 7) is 2.58. The Hall–Kier alpha value is -3.42. The number of halogens is 2. The van der Waals surface area contributed by atoms with Crippen LogP contribution in [0.1, 0.15) is 25.3 Å². The molecule has 0 fully saturated rings. The Morgan fingerprint density at radius 3 is 2.83 bits per heavy atom. The van der Waals surface area contributed by atoms with Crippen LogP contribution in [-0.2, 0) is 4.79 Å². The highest BCUT2D eigenvalue weighted by Crippen LogP contribution is 2.33. The summed E-state index contributed by atoms with van der Waals surface area (Å²) in [5.74, 6) is 0.673. The van der Waals surface area contributed by atoms with Gasteiger partial charge in [-0.05, 0) is 24.3 Å². The van der Waals surface area contributed by atoms with Gasteiger partial charge in [-0.25, -0.2) is 8.78 Å². The predicted octanol–water partition coefficient (Wildman–Crippen LogP) is 4.55.